The summed E-state index contributed by atoms with van der Waals surface area (Å²) in [5, 5.41) is 0.563. The summed E-state index contributed by atoms with van der Waals surface area (Å²) in [6.07, 6.45) is 9.34. The average molecular weight is 319 g/mol. The summed E-state index contributed by atoms with van der Waals surface area (Å²) in [6, 6.07) is 0. The van der Waals surface area contributed by atoms with Crippen LogP contribution in [0, 0.1) is 34.5 Å². The molecule has 4 saturated carbocycles. The molecule has 0 amide bonds. The van der Waals surface area contributed by atoms with Crippen LogP contribution in [0.1, 0.15) is 65.2 Å². The van der Waals surface area contributed by atoms with Crippen LogP contribution in [-0.2, 0) is 4.79 Å². The highest BCUT2D eigenvalue weighted by molar-refractivity contribution is 7.80. The van der Waals surface area contributed by atoms with Gasteiger partial charge in [0.15, 0.2) is 0 Å². The number of carbonyl (C=O) groups is 1. The van der Waals surface area contributed by atoms with E-state index < -0.39 is 0 Å². The van der Waals surface area contributed by atoms with Crippen LogP contribution in [-0.4, -0.2) is 11.0 Å². The van der Waals surface area contributed by atoms with Crippen LogP contribution in [0.15, 0.2) is 12.2 Å². The predicted octanol–water partition coefficient (Wildman–Crippen LogP) is 5.06. The highest BCUT2D eigenvalue weighted by Crippen LogP contribution is 2.66. The highest BCUT2D eigenvalue weighted by Gasteiger charge is 2.60. The largest absolute Gasteiger partial charge is 0.299 e. The molecule has 0 N–H and O–H groups in total. The van der Waals surface area contributed by atoms with E-state index >= 15 is 0 Å². The van der Waals surface area contributed by atoms with Gasteiger partial charge in [0.25, 0.3) is 0 Å². The number of thiol groups is 1. The van der Waals surface area contributed by atoms with Crippen molar-refractivity contribution < 1.29 is 4.79 Å². The molecule has 1 unspecified atom stereocenters. The van der Waals surface area contributed by atoms with Gasteiger partial charge < -0.3 is 0 Å². The quantitative estimate of drug-likeness (QED) is 0.488. The first-order valence-electron chi connectivity index (χ1n) is 9.25. The van der Waals surface area contributed by atoms with Crippen LogP contribution >= 0.6 is 12.6 Å². The highest BCUT2D eigenvalue weighted by atomic mass is 32.1. The van der Waals surface area contributed by atoms with Crippen molar-refractivity contribution >= 4 is 18.4 Å². The Bertz CT molecular complexity index is 526. The first kappa shape index (κ1) is 15.3. The van der Waals surface area contributed by atoms with Crippen LogP contribution < -0.4 is 0 Å². The first-order valence-corrected chi connectivity index (χ1v) is 9.77. The molecule has 0 aromatic carbocycles. The van der Waals surface area contributed by atoms with Crippen molar-refractivity contribution in [3.05, 3.63) is 12.2 Å². The zero-order chi connectivity index (χ0) is 15.7. The molecular formula is C20H30OS. The number of allylic oxidation sites excluding steroid dienone is 1. The number of carbonyl (C=O) groups excluding carboxylic acids is 1. The summed E-state index contributed by atoms with van der Waals surface area (Å²) < 4.78 is 0. The second kappa shape index (κ2) is 4.88. The SMILES string of the molecule is C=C1C[C@@H]2[C@H](CC[C@]3(C)C(=O)CC[C@@H]23)[C@@]2(C)CC[C@@H](S)CC12. The predicted molar refractivity (Wildman–Crippen MR) is 94.0 cm³/mol. The van der Waals surface area contributed by atoms with Gasteiger partial charge in [0.2, 0.25) is 0 Å². The van der Waals surface area contributed by atoms with Crippen molar-refractivity contribution in [2.75, 3.05) is 0 Å². The minimum Gasteiger partial charge on any atom is -0.299 e. The molecule has 4 aliphatic carbocycles. The standard InChI is InChI=1S/C20H30OS/c1-12-10-14-15-4-5-18(21)20(15,3)9-7-16(14)19(2)8-6-13(22)11-17(12)19/h13-17,22H,1,4-11H2,2-3H3/t13-,14+,15+,16+,17?,19-,20+/m1/s1. The Hall–Kier alpha value is -0.240. The summed E-state index contributed by atoms with van der Waals surface area (Å²) >= 11 is 4.77. The molecule has 7 atom stereocenters. The summed E-state index contributed by atoms with van der Waals surface area (Å²) in [4.78, 5) is 12.5. The summed E-state index contributed by atoms with van der Waals surface area (Å²) in [6.45, 7) is 9.32. The van der Waals surface area contributed by atoms with E-state index in [1.807, 2.05) is 0 Å². The van der Waals surface area contributed by atoms with E-state index in [-0.39, 0.29) is 5.41 Å². The number of fused-ring (bicyclic) bond motifs is 5. The lowest BCUT2D eigenvalue weighted by molar-refractivity contribution is -0.135. The fourth-order valence-electron chi connectivity index (χ4n) is 6.99. The maximum atomic E-state index is 12.5. The molecule has 2 heteroatoms. The van der Waals surface area contributed by atoms with Crippen molar-refractivity contribution in [3.8, 4) is 0 Å². The smallest absolute Gasteiger partial charge is 0.139 e. The fraction of sp³-hybridized carbons (Fsp3) is 0.850. The van der Waals surface area contributed by atoms with Gasteiger partial charge in [-0.25, -0.2) is 0 Å². The van der Waals surface area contributed by atoms with Gasteiger partial charge in [0, 0.05) is 17.1 Å². The van der Waals surface area contributed by atoms with Gasteiger partial charge in [0.05, 0.1) is 0 Å². The molecule has 4 rings (SSSR count). The molecular weight excluding hydrogens is 288 g/mol. The van der Waals surface area contributed by atoms with Crippen LogP contribution in [0.4, 0.5) is 0 Å². The molecule has 22 heavy (non-hydrogen) atoms. The number of Topliss-reactive ketones (excluding diaryl/α,β-unsaturated/α-hetero) is 1. The normalized spacial score (nSPS) is 54.6. The molecule has 0 bridgehead atoms. The van der Waals surface area contributed by atoms with Gasteiger partial charge >= 0.3 is 0 Å². The van der Waals surface area contributed by atoms with Crippen molar-refractivity contribution in [2.24, 2.45) is 34.5 Å². The zero-order valence-electron chi connectivity index (χ0n) is 14.1. The summed E-state index contributed by atoms with van der Waals surface area (Å²) in [7, 11) is 0. The van der Waals surface area contributed by atoms with Crippen molar-refractivity contribution in [1.29, 1.82) is 0 Å². The van der Waals surface area contributed by atoms with E-state index in [4.69, 9.17) is 12.6 Å². The lowest BCUT2D eigenvalue weighted by Crippen LogP contribution is -2.54. The molecule has 4 fully saturated rings. The van der Waals surface area contributed by atoms with Crippen molar-refractivity contribution in [2.45, 2.75) is 70.5 Å². The third-order valence-electron chi connectivity index (χ3n) is 8.30. The average Bonchev–Trinajstić information content (AvgIpc) is 2.77. The summed E-state index contributed by atoms with van der Waals surface area (Å²) in [5.41, 5.74) is 1.89. The second-order valence-corrected chi connectivity index (χ2v) is 9.87. The van der Waals surface area contributed by atoms with E-state index in [0.717, 1.165) is 31.1 Å². The van der Waals surface area contributed by atoms with E-state index in [0.29, 0.717) is 28.3 Å². The van der Waals surface area contributed by atoms with Gasteiger partial charge in [-0.15, -0.1) is 0 Å². The molecule has 122 valence electrons. The Morgan fingerprint density at radius 2 is 1.91 bits per heavy atom. The van der Waals surface area contributed by atoms with Gasteiger partial charge in [0.1, 0.15) is 5.78 Å². The molecule has 0 spiro atoms. The van der Waals surface area contributed by atoms with Gasteiger partial charge in [-0.1, -0.05) is 26.0 Å². The lowest BCUT2D eigenvalue weighted by atomic mass is 9.44. The molecule has 0 heterocycles. The Morgan fingerprint density at radius 1 is 1.14 bits per heavy atom. The van der Waals surface area contributed by atoms with Gasteiger partial charge in [-0.3, -0.25) is 4.79 Å². The lowest BCUT2D eigenvalue weighted by Gasteiger charge is -2.60. The Morgan fingerprint density at radius 3 is 2.68 bits per heavy atom. The van der Waals surface area contributed by atoms with Crippen LogP contribution in [0.25, 0.3) is 0 Å². The van der Waals surface area contributed by atoms with E-state index in [1.54, 1.807) is 0 Å². The number of hydrogen-bond acceptors (Lipinski definition) is 2. The third-order valence-corrected chi connectivity index (χ3v) is 8.77. The maximum Gasteiger partial charge on any atom is 0.139 e. The van der Waals surface area contributed by atoms with E-state index in [1.165, 1.54) is 37.7 Å². The number of rotatable bonds is 0. The third kappa shape index (κ3) is 1.88. The molecule has 0 saturated heterocycles. The zero-order valence-corrected chi connectivity index (χ0v) is 15.0. The molecule has 0 aromatic heterocycles. The minimum atomic E-state index is -0.00854. The van der Waals surface area contributed by atoms with E-state index in [2.05, 4.69) is 20.4 Å². The Balaban J connectivity index is 1.69. The van der Waals surface area contributed by atoms with Crippen LogP contribution in [0.2, 0.25) is 0 Å². The number of hydrogen-bond donors (Lipinski definition) is 1. The molecule has 1 nitrogen and oxygen atoms in total. The molecule has 0 aromatic rings. The molecule has 4 aliphatic rings. The Labute approximate surface area is 140 Å². The second-order valence-electron chi connectivity index (χ2n) is 9.14. The first-order chi connectivity index (χ1) is 10.4. The van der Waals surface area contributed by atoms with Crippen LogP contribution in [0.5, 0.6) is 0 Å². The van der Waals surface area contributed by atoms with Crippen LogP contribution in [0.3, 0.4) is 0 Å². The minimum absolute atomic E-state index is 0.00854. The van der Waals surface area contributed by atoms with Crippen molar-refractivity contribution in [3.63, 3.8) is 0 Å². The summed E-state index contributed by atoms with van der Waals surface area (Å²) in [5.74, 6) is 3.38. The Kier molecular flexibility index (Phi) is 3.39. The monoisotopic (exact) mass is 318 g/mol. The topological polar surface area (TPSA) is 17.1 Å². The number of ketones is 1. The van der Waals surface area contributed by atoms with E-state index in [9.17, 15) is 4.79 Å². The van der Waals surface area contributed by atoms with Crippen molar-refractivity contribution in [1.82, 2.24) is 0 Å². The maximum absolute atomic E-state index is 12.5. The molecule has 0 aliphatic heterocycles. The molecule has 0 radical (unpaired) electrons. The fourth-order valence-corrected chi connectivity index (χ4v) is 7.33. The van der Waals surface area contributed by atoms with Gasteiger partial charge in [-0.2, -0.15) is 12.6 Å². The van der Waals surface area contributed by atoms with Gasteiger partial charge in [-0.05, 0) is 74.0 Å².